The van der Waals surface area contributed by atoms with Crippen molar-refractivity contribution in [3.8, 4) is 5.75 Å². The second-order valence-corrected chi connectivity index (χ2v) is 7.50. The van der Waals surface area contributed by atoms with Crippen LogP contribution in [-0.2, 0) is 6.54 Å². The van der Waals surface area contributed by atoms with E-state index in [0.29, 0.717) is 27.9 Å². The molecule has 0 unspecified atom stereocenters. The predicted octanol–water partition coefficient (Wildman–Crippen LogP) is 3.94. The Kier molecular flexibility index (Phi) is 7.29. The zero-order valence-electron chi connectivity index (χ0n) is 16.6. The van der Waals surface area contributed by atoms with Crippen molar-refractivity contribution in [2.45, 2.75) is 19.6 Å². The number of H-pyrrole nitrogens is 1. The minimum atomic E-state index is -0.353. The van der Waals surface area contributed by atoms with E-state index in [1.807, 2.05) is 43.5 Å². The van der Waals surface area contributed by atoms with Gasteiger partial charge in [0.2, 0.25) is 0 Å². The van der Waals surface area contributed by atoms with Gasteiger partial charge in [-0.3, -0.25) is 14.8 Å². The van der Waals surface area contributed by atoms with Gasteiger partial charge in [-0.1, -0.05) is 23.2 Å². The summed E-state index contributed by atoms with van der Waals surface area (Å²) >= 11 is 12.5. The Morgan fingerprint density at radius 3 is 2.71 bits per heavy atom. The molecule has 4 N–H and O–H groups in total. The molecule has 0 saturated carbocycles. The number of fused-ring (bicyclic) bond motifs is 1. The molecule has 0 aliphatic carbocycles. The average Bonchev–Trinajstić information content (AvgIpc) is 3.33. The summed E-state index contributed by atoms with van der Waals surface area (Å²) < 4.78 is 7.77. The van der Waals surface area contributed by atoms with Gasteiger partial charge in [0.25, 0.3) is 0 Å². The van der Waals surface area contributed by atoms with Gasteiger partial charge in [0.05, 0.1) is 40.6 Å². The fourth-order valence-corrected chi connectivity index (χ4v) is 3.82. The Morgan fingerprint density at radius 1 is 1.19 bits per heavy atom. The Labute approximate surface area is 188 Å². The highest BCUT2D eigenvalue weighted by Crippen LogP contribution is 2.33. The molecule has 31 heavy (non-hydrogen) atoms. The van der Waals surface area contributed by atoms with Crippen LogP contribution < -0.4 is 4.74 Å². The number of halogens is 2. The van der Waals surface area contributed by atoms with E-state index >= 15 is 0 Å². The van der Waals surface area contributed by atoms with Crippen molar-refractivity contribution in [3.05, 3.63) is 69.9 Å². The first-order valence-corrected chi connectivity index (χ1v) is 10.1. The smallest absolute Gasteiger partial charge is 0.124 e. The monoisotopic (exact) mass is 461 g/mol. The van der Waals surface area contributed by atoms with Gasteiger partial charge in [-0.05, 0) is 37.3 Å². The first kappa shape index (κ1) is 22.8. The first-order valence-electron chi connectivity index (χ1n) is 9.30. The van der Waals surface area contributed by atoms with Crippen molar-refractivity contribution in [1.82, 2.24) is 25.0 Å². The van der Waals surface area contributed by atoms with Crippen LogP contribution in [0.4, 0.5) is 0 Å². The molecule has 0 amide bonds. The van der Waals surface area contributed by atoms with Crippen LogP contribution >= 0.6 is 23.2 Å². The summed E-state index contributed by atoms with van der Waals surface area (Å²) in [6.45, 7) is 2.40. The molecule has 0 aliphatic heterocycles. The van der Waals surface area contributed by atoms with Crippen molar-refractivity contribution >= 4 is 46.3 Å². The highest BCUT2D eigenvalue weighted by Gasteiger charge is 2.16. The lowest BCUT2D eigenvalue weighted by Gasteiger charge is -2.17. The number of ether oxygens (including phenoxy) is 1. The quantitative estimate of drug-likeness (QED) is 0.431. The molecule has 0 aliphatic rings. The summed E-state index contributed by atoms with van der Waals surface area (Å²) in [5.41, 5.74) is 3.28. The number of benzene rings is 1. The minimum absolute atomic E-state index is 0. The SMILES string of the molecule is C[C@@H](Oc1ccc2[nH]nc(C=Cc3cnn(CCO)c3)c2c1)c1c(Cl)cncc1Cl.O. The minimum Gasteiger partial charge on any atom is -0.486 e. The summed E-state index contributed by atoms with van der Waals surface area (Å²) in [7, 11) is 0. The first-order chi connectivity index (χ1) is 14.5. The number of aliphatic hydroxyl groups is 1. The van der Waals surface area contributed by atoms with E-state index in [4.69, 9.17) is 33.0 Å². The fraction of sp³-hybridized carbons (Fsp3) is 0.190. The van der Waals surface area contributed by atoms with Crippen molar-refractivity contribution in [1.29, 1.82) is 0 Å². The Balaban J connectivity index is 0.00000272. The van der Waals surface area contributed by atoms with Gasteiger partial charge in [0.15, 0.2) is 0 Å². The van der Waals surface area contributed by atoms with Gasteiger partial charge in [-0.15, -0.1) is 0 Å². The van der Waals surface area contributed by atoms with Crippen molar-refractivity contribution < 1.29 is 15.3 Å². The van der Waals surface area contributed by atoms with Crippen LogP contribution in [0.5, 0.6) is 5.75 Å². The standard InChI is InChI=1S/C21H19Cl2N5O2.H2O/c1-13(21-17(22)10-24-11-18(21)23)30-15-3-5-20-16(8-15)19(26-27-20)4-2-14-9-25-28(12-14)6-7-29;/h2-5,8-13,29H,6-7H2,1H3,(H,26,27);1H2/t13-;/m1./s1. The number of nitrogens with zero attached hydrogens (tertiary/aromatic N) is 4. The van der Waals surface area contributed by atoms with Gasteiger partial charge in [0, 0.05) is 35.1 Å². The highest BCUT2D eigenvalue weighted by atomic mass is 35.5. The number of pyridine rings is 1. The number of aromatic nitrogens is 5. The van der Waals surface area contributed by atoms with Crippen LogP contribution in [0.2, 0.25) is 10.0 Å². The maximum Gasteiger partial charge on any atom is 0.124 e. The Bertz CT molecular complexity index is 1180. The van der Waals surface area contributed by atoms with Crippen LogP contribution in [0.15, 0.2) is 43.0 Å². The van der Waals surface area contributed by atoms with Crippen LogP contribution in [0.1, 0.15) is 29.8 Å². The molecular weight excluding hydrogens is 441 g/mol. The van der Waals surface area contributed by atoms with E-state index in [1.165, 1.54) is 0 Å². The van der Waals surface area contributed by atoms with Gasteiger partial charge >= 0.3 is 0 Å². The van der Waals surface area contributed by atoms with E-state index in [0.717, 1.165) is 22.2 Å². The second-order valence-electron chi connectivity index (χ2n) is 6.69. The van der Waals surface area contributed by atoms with Gasteiger partial charge in [-0.25, -0.2) is 0 Å². The van der Waals surface area contributed by atoms with Crippen molar-refractivity contribution in [2.24, 2.45) is 0 Å². The third-order valence-electron chi connectivity index (χ3n) is 4.59. The second kappa shape index (κ2) is 9.93. The highest BCUT2D eigenvalue weighted by molar-refractivity contribution is 6.35. The van der Waals surface area contributed by atoms with Gasteiger partial charge in [0.1, 0.15) is 11.9 Å². The molecule has 8 nitrogen and oxygen atoms in total. The normalized spacial score (nSPS) is 12.3. The maximum atomic E-state index is 9.00. The third-order valence-corrected chi connectivity index (χ3v) is 5.19. The molecule has 1 atom stereocenters. The third kappa shape index (κ3) is 5.05. The summed E-state index contributed by atoms with van der Waals surface area (Å²) in [6, 6.07) is 5.70. The summed E-state index contributed by atoms with van der Waals surface area (Å²) in [5, 5.41) is 22.4. The summed E-state index contributed by atoms with van der Waals surface area (Å²) in [4.78, 5) is 3.98. The number of aliphatic hydroxyl groups excluding tert-OH is 1. The molecule has 0 saturated heterocycles. The molecular formula is C21H21Cl2N5O3. The predicted molar refractivity (Wildman–Crippen MR) is 121 cm³/mol. The number of nitrogens with one attached hydrogen (secondary N) is 1. The zero-order chi connectivity index (χ0) is 21.1. The molecule has 162 valence electrons. The number of hydrogen-bond donors (Lipinski definition) is 2. The largest absolute Gasteiger partial charge is 0.486 e. The lowest BCUT2D eigenvalue weighted by atomic mass is 10.1. The molecule has 0 radical (unpaired) electrons. The van der Waals surface area contributed by atoms with Crippen LogP contribution in [-0.4, -0.2) is 42.2 Å². The lowest BCUT2D eigenvalue weighted by molar-refractivity contribution is 0.227. The van der Waals surface area contributed by atoms with Crippen molar-refractivity contribution in [2.75, 3.05) is 6.61 Å². The van der Waals surface area contributed by atoms with Crippen LogP contribution in [0, 0.1) is 0 Å². The molecule has 10 heteroatoms. The molecule has 0 spiro atoms. The molecule has 3 heterocycles. The number of aromatic amines is 1. The molecule has 1 aromatic carbocycles. The van der Waals surface area contributed by atoms with Crippen LogP contribution in [0.25, 0.3) is 23.1 Å². The van der Waals surface area contributed by atoms with Crippen molar-refractivity contribution in [3.63, 3.8) is 0 Å². The Hall–Kier alpha value is -2.91. The van der Waals surface area contributed by atoms with E-state index in [1.54, 1.807) is 23.3 Å². The van der Waals surface area contributed by atoms with E-state index in [2.05, 4.69) is 20.3 Å². The van der Waals surface area contributed by atoms with E-state index in [-0.39, 0.29) is 18.2 Å². The number of rotatable bonds is 7. The van der Waals surface area contributed by atoms with Crippen LogP contribution in [0.3, 0.4) is 0 Å². The zero-order valence-corrected chi connectivity index (χ0v) is 18.1. The van der Waals surface area contributed by atoms with E-state index < -0.39 is 0 Å². The molecule has 3 aromatic heterocycles. The lowest BCUT2D eigenvalue weighted by Crippen LogP contribution is -2.05. The fourth-order valence-electron chi connectivity index (χ4n) is 3.15. The number of hydrogen-bond acceptors (Lipinski definition) is 5. The molecule has 0 bridgehead atoms. The molecule has 0 fully saturated rings. The maximum absolute atomic E-state index is 9.00. The summed E-state index contributed by atoms with van der Waals surface area (Å²) in [5.74, 6) is 0.672. The molecule has 4 aromatic rings. The molecule has 4 rings (SSSR count). The topological polar surface area (TPSA) is 120 Å². The average molecular weight is 462 g/mol. The van der Waals surface area contributed by atoms with E-state index in [9.17, 15) is 0 Å². The summed E-state index contributed by atoms with van der Waals surface area (Å²) in [6.07, 6.45) is 10.2. The van der Waals surface area contributed by atoms with Gasteiger partial charge < -0.3 is 15.3 Å². The van der Waals surface area contributed by atoms with Gasteiger partial charge in [-0.2, -0.15) is 10.2 Å². The Morgan fingerprint density at radius 2 is 1.97 bits per heavy atom.